The number of nitrogens with zero attached hydrogens (tertiary/aromatic N) is 1. The van der Waals surface area contributed by atoms with Gasteiger partial charge in [0.25, 0.3) is 5.91 Å². The van der Waals surface area contributed by atoms with E-state index in [1.54, 1.807) is 11.3 Å². The maximum atomic E-state index is 12.2. The minimum Gasteiger partial charge on any atom is -0.439 e. The van der Waals surface area contributed by atoms with Crippen LogP contribution in [0.3, 0.4) is 0 Å². The summed E-state index contributed by atoms with van der Waals surface area (Å²) in [6, 6.07) is 12.1. The molecule has 2 heterocycles. The van der Waals surface area contributed by atoms with Gasteiger partial charge in [-0.2, -0.15) is 0 Å². The van der Waals surface area contributed by atoms with Crippen molar-refractivity contribution in [3.63, 3.8) is 0 Å². The predicted molar refractivity (Wildman–Crippen MR) is 91.9 cm³/mol. The van der Waals surface area contributed by atoms with Crippen molar-refractivity contribution in [2.45, 2.75) is 12.6 Å². The largest absolute Gasteiger partial charge is 0.439 e. The number of ether oxygens (including phenoxy) is 1. The van der Waals surface area contributed by atoms with E-state index in [9.17, 15) is 14.4 Å². The lowest BCUT2D eigenvalue weighted by Gasteiger charge is -2.23. The second-order valence-electron chi connectivity index (χ2n) is 5.43. The number of thiophene rings is 1. The molecule has 1 aromatic carbocycles. The summed E-state index contributed by atoms with van der Waals surface area (Å²) in [5.41, 5.74) is 0.793. The number of carbonyl (C=O) groups is 3. The molecule has 4 amide bonds. The van der Waals surface area contributed by atoms with Crippen molar-refractivity contribution in [2.24, 2.45) is 0 Å². The normalized spacial score (nSPS) is 15.0. The second-order valence-corrected chi connectivity index (χ2v) is 6.46. The average molecular weight is 359 g/mol. The van der Waals surface area contributed by atoms with E-state index in [0.717, 1.165) is 15.3 Å². The standard InChI is InChI=1S/C17H17N3O4S/c21-15-11-24-17(23)20(15)10-14(12-5-2-1-3-6-12)19-16(22)18-9-13-7-4-8-25-13/h1-8,14H,9-11H2,(H2,18,19,22)/t14-/m0/s1. The summed E-state index contributed by atoms with van der Waals surface area (Å²) < 4.78 is 4.73. The lowest BCUT2D eigenvalue weighted by molar-refractivity contribution is -0.126. The Morgan fingerprint density at radius 1 is 1.20 bits per heavy atom. The van der Waals surface area contributed by atoms with Gasteiger partial charge < -0.3 is 15.4 Å². The number of imide groups is 1. The molecule has 25 heavy (non-hydrogen) atoms. The lowest BCUT2D eigenvalue weighted by atomic mass is 10.1. The van der Waals surface area contributed by atoms with Gasteiger partial charge in [-0.05, 0) is 17.0 Å². The first kappa shape index (κ1) is 17.0. The molecule has 3 rings (SSSR count). The summed E-state index contributed by atoms with van der Waals surface area (Å²) in [4.78, 5) is 37.7. The topological polar surface area (TPSA) is 87.7 Å². The highest BCUT2D eigenvalue weighted by Crippen LogP contribution is 2.17. The number of carbonyl (C=O) groups excluding carboxylic acids is 3. The monoisotopic (exact) mass is 359 g/mol. The Labute approximate surface area is 148 Å². The fourth-order valence-corrected chi connectivity index (χ4v) is 3.09. The predicted octanol–water partition coefficient (Wildman–Crippen LogP) is 2.27. The van der Waals surface area contributed by atoms with E-state index >= 15 is 0 Å². The molecule has 130 valence electrons. The summed E-state index contributed by atoms with van der Waals surface area (Å²) in [6.45, 7) is 0.175. The maximum absolute atomic E-state index is 12.2. The van der Waals surface area contributed by atoms with Gasteiger partial charge in [0.1, 0.15) is 0 Å². The number of benzene rings is 1. The highest BCUT2D eigenvalue weighted by molar-refractivity contribution is 7.09. The molecule has 2 N–H and O–H groups in total. The molecule has 0 aliphatic carbocycles. The van der Waals surface area contributed by atoms with Crippen molar-refractivity contribution in [2.75, 3.05) is 13.2 Å². The quantitative estimate of drug-likeness (QED) is 0.828. The molecule has 0 spiro atoms. The fourth-order valence-electron chi connectivity index (χ4n) is 2.45. The second kappa shape index (κ2) is 7.80. The zero-order valence-corrected chi connectivity index (χ0v) is 14.1. The third-order valence-corrected chi connectivity index (χ3v) is 4.59. The van der Waals surface area contributed by atoms with Crippen LogP contribution in [0.25, 0.3) is 0 Å². The molecule has 0 radical (unpaired) electrons. The van der Waals surface area contributed by atoms with Crippen LogP contribution in [-0.2, 0) is 16.1 Å². The van der Waals surface area contributed by atoms with Gasteiger partial charge in [-0.15, -0.1) is 11.3 Å². The Morgan fingerprint density at radius 3 is 2.64 bits per heavy atom. The van der Waals surface area contributed by atoms with Gasteiger partial charge in [0.05, 0.1) is 19.1 Å². The van der Waals surface area contributed by atoms with Gasteiger partial charge in [-0.25, -0.2) is 14.5 Å². The molecule has 1 atom stereocenters. The van der Waals surface area contributed by atoms with Crippen molar-refractivity contribution in [3.05, 3.63) is 58.3 Å². The Kier molecular flexibility index (Phi) is 5.30. The molecule has 2 aromatic rings. The highest BCUT2D eigenvalue weighted by atomic mass is 32.1. The van der Waals surface area contributed by atoms with Crippen LogP contribution in [0.15, 0.2) is 47.8 Å². The number of cyclic esters (lactones) is 1. The van der Waals surface area contributed by atoms with E-state index < -0.39 is 18.0 Å². The first-order chi connectivity index (χ1) is 12.1. The van der Waals surface area contributed by atoms with Gasteiger partial charge in [0, 0.05) is 4.88 Å². The Balaban J connectivity index is 1.67. The van der Waals surface area contributed by atoms with Crippen LogP contribution in [0.4, 0.5) is 9.59 Å². The van der Waals surface area contributed by atoms with Crippen molar-refractivity contribution in [1.29, 1.82) is 0 Å². The Bertz CT molecular complexity index is 733. The number of hydrogen-bond donors (Lipinski definition) is 2. The molecule has 0 bridgehead atoms. The molecular weight excluding hydrogens is 342 g/mol. The minimum atomic E-state index is -0.688. The van der Waals surface area contributed by atoms with Gasteiger partial charge in [-0.1, -0.05) is 36.4 Å². The van der Waals surface area contributed by atoms with Crippen LogP contribution in [-0.4, -0.2) is 36.1 Å². The number of urea groups is 1. The highest BCUT2D eigenvalue weighted by Gasteiger charge is 2.33. The first-order valence-electron chi connectivity index (χ1n) is 7.72. The molecule has 1 aromatic heterocycles. The minimum absolute atomic E-state index is 0.0219. The molecule has 0 unspecified atom stereocenters. The van der Waals surface area contributed by atoms with E-state index in [2.05, 4.69) is 10.6 Å². The molecule has 1 aliphatic rings. The zero-order chi connectivity index (χ0) is 17.6. The molecule has 7 nitrogen and oxygen atoms in total. The van der Waals surface area contributed by atoms with E-state index in [-0.39, 0.29) is 19.2 Å². The van der Waals surface area contributed by atoms with Crippen LogP contribution in [0.2, 0.25) is 0 Å². The maximum Gasteiger partial charge on any atom is 0.417 e. The Morgan fingerprint density at radius 2 is 2.00 bits per heavy atom. The third kappa shape index (κ3) is 4.36. The third-order valence-electron chi connectivity index (χ3n) is 3.72. The van der Waals surface area contributed by atoms with Crippen molar-refractivity contribution in [1.82, 2.24) is 15.5 Å². The summed E-state index contributed by atoms with van der Waals surface area (Å²) in [5.74, 6) is -0.410. The summed E-state index contributed by atoms with van der Waals surface area (Å²) in [7, 11) is 0. The zero-order valence-electron chi connectivity index (χ0n) is 13.3. The molecule has 1 fully saturated rings. The van der Waals surface area contributed by atoms with Crippen LogP contribution in [0, 0.1) is 0 Å². The van der Waals surface area contributed by atoms with Crippen molar-refractivity contribution >= 4 is 29.4 Å². The van der Waals surface area contributed by atoms with Crippen LogP contribution in [0.1, 0.15) is 16.5 Å². The molecule has 8 heteroatoms. The summed E-state index contributed by atoms with van der Waals surface area (Å²) >= 11 is 1.55. The molecule has 1 saturated heterocycles. The van der Waals surface area contributed by atoms with E-state index in [1.165, 1.54) is 0 Å². The smallest absolute Gasteiger partial charge is 0.417 e. The van der Waals surface area contributed by atoms with Gasteiger partial charge >= 0.3 is 12.1 Å². The number of amides is 4. The number of rotatable bonds is 6. The molecule has 0 saturated carbocycles. The van der Waals surface area contributed by atoms with Crippen LogP contribution in [0.5, 0.6) is 0 Å². The van der Waals surface area contributed by atoms with Gasteiger partial charge in [-0.3, -0.25) is 4.79 Å². The molecular formula is C17H17N3O4S. The fraction of sp³-hybridized carbons (Fsp3) is 0.235. The van der Waals surface area contributed by atoms with Crippen molar-refractivity contribution in [3.8, 4) is 0 Å². The van der Waals surface area contributed by atoms with Gasteiger partial charge in [0.15, 0.2) is 6.61 Å². The lowest BCUT2D eigenvalue weighted by Crippen LogP contribution is -2.43. The van der Waals surface area contributed by atoms with Gasteiger partial charge in [0.2, 0.25) is 0 Å². The summed E-state index contributed by atoms with van der Waals surface area (Å²) in [6.07, 6.45) is -0.688. The van der Waals surface area contributed by atoms with Crippen LogP contribution >= 0.6 is 11.3 Å². The van der Waals surface area contributed by atoms with Crippen molar-refractivity contribution < 1.29 is 19.1 Å². The van der Waals surface area contributed by atoms with E-state index in [1.807, 2.05) is 47.8 Å². The first-order valence-corrected chi connectivity index (χ1v) is 8.60. The number of nitrogens with one attached hydrogen (secondary N) is 2. The Hall–Kier alpha value is -2.87. The van der Waals surface area contributed by atoms with Crippen LogP contribution < -0.4 is 10.6 Å². The van der Waals surface area contributed by atoms with E-state index in [0.29, 0.717) is 6.54 Å². The van der Waals surface area contributed by atoms with E-state index in [4.69, 9.17) is 4.74 Å². The number of hydrogen-bond acceptors (Lipinski definition) is 5. The average Bonchev–Trinajstić information content (AvgIpc) is 3.25. The SMILES string of the molecule is O=C(NCc1cccs1)N[C@@H](CN1C(=O)COC1=O)c1ccccc1. The molecule has 1 aliphatic heterocycles. The summed E-state index contributed by atoms with van der Waals surface area (Å²) in [5, 5.41) is 7.53.